The standard InChI is InChI=1S/C9H14N2O/c12-7-9(4-1-2-5-9)8-3-6-10-11-8/h3,6,12H,1-2,4-5,7H2,(H,10,11). The van der Waals surface area contributed by atoms with E-state index in [0.717, 1.165) is 18.5 Å². The molecule has 1 aromatic rings. The number of hydrogen-bond donors (Lipinski definition) is 2. The summed E-state index contributed by atoms with van der Waals surface area (Å²) in [6, 6.07) is 1.97. The fraction of sp³-hybridized carbons (Fsp3) is 0.667. The van der Waals surface area contributed by atoms with Crippen LogP contribution in [0.2, 0.25) is 0 Å². The number of aliphatic hydroxyl groups is 1. The van der Waals surface area contributed by atoms with E-state index in [4.69, 9.17) is 0 Å². The minimum atomic E-state index is -0.00347. The van der Waals surface area contributed by atoms with Crippen LogP contribution < -0.4 is 0 Å². The first kappa shape index (κ1) is 7.80. The number of nitrogens with one attached hydrogen (secondary N) is 1. The smallest absolute Gasteiger partial charge is 0.0542 e. The molecule has 12 heavy (non-hydrogen) atoms. The Bertz CT molecular complexity index is 237. The van der Waals surface area contributed by atoms with Crippen LogP contribution in [0.4, 0.5) is 0 Å². The minimum Gasteiger partial charge on any atom is -0.395 e. The molecule has 1 heterocycles. The molecule has 0 amide bonds. The average molecular weight is 166 g/mol. The molecular weight excluding hydrogens is 152 g/mol. The Kier molecular flexibility index (Phi) is 1.89. The summed E-state index contributed by atoms with van der Waals surface area (Å²) >= 11 is 0. The molecule has 0 aromatic carbocycles. The van der Waals surface area contributed by atoms with Crippen molar-refractivity contribution in [3.63, 3.8) is 0 Å². The van der Waals surface area contributed by atoms with Gasteiger partial charge in [0.2, 0.25) is 0 Å². The van der Waals surface area contributed by atoms with Crippen LogP contribution in [0.25, 0.3) is 0 Å². The first-order valence-electron chi connectivity index (χ1n) is 4.48. The highest BCUT2D eigenvalue weighted by Crippen LogP contribution is 2.39. The lowest BCUT2D eigenvalue weighted by molar-refractivity contribution is 0.192. The fourth-order valence-corrected chi connectivity index (χ4v) is 2.12. The van der Waals surface area contributed by atoms with Gasteiger partial charge in [-0.25, -0.2) is 0 Å². The third kappa shape index (κ3) is 1.05. The molecule has 3 nitrogen and oxygen atoms in total. The highest BCUT2D eigenvalue weighted by Gasteiger charge is 2.35. The Morgan fingerprint density at radius 3 is 2.75 bits per heavy atom. The Balaban J connectivity index is 2.28. The van der Waals surface area contributed by atoms with E-state index in [0.29, 0.717) is 0 Å². The molecule has 0 aliphatic heterocycles. The Morgan fingerprint density at radius 1 is 1.50 bits per heavy atom. The van der Waals surface area contributed by atoms with E-state index in [1.54, 1.807) is 6.20 Å². The number of aromatic amines is 1. The molecule has 0 bridgehead atoms. The molecule has 0 radical (unpaired) electrons. The maximum absolute atomic E-state index is 9.34. The van der Waals surface area contributed by atoms with E-state index in [2.05, 4.69) is 10.2 Å². The van der Waals surface area contributed by atoms with E-state index < -0.39 is 0 Å². The lowest BCUT2D eigenvalue weighted by Gasteiger charge is -2.24. The summed E-state index contributed by atoms with van der Waals surface area (Å²) in [6.45, 7) is 0.245. The number of H-pyrrole nitrogens is 1. The maximum Gasteiger partial charge on any atom is 0.0542 e. The summed E-state index contributed by atoms with van der Waals surface area (Å²) in [5.41, 5.74) is 1.10. The third-order valence-corrected chi connectivity index (χ3v) is 2.94. The van der Waals surface area contributed by atoms with Crippen LogP contribution in [0, 0.1) is 0 Å². The maximum atomic E-state index is 9.34. The Hall–Kier alpha value is -0.830. The van der Waals surface area contributed by atoms with Gasteiger partial charge in [-0.3, -0.25) is 5.10 Å². The van der Waals surface area contributed by atoms with Crippen molar-refractivity contribution >= 4 is 0 Å². The van der Waals surface area contributed by atoms with Crippen molar-refractivity contribution < 1.29 is 5.11 Å². The van der Waals surface area contributed by atoms with Crippen molar-refractivity contribution in [2.75, 3.05) is 6.61 Å². The van der Waals surface area contributed by atoms with E-state index in [9.17, 15) is 5.11 Å². The van der Waals surface area contributed by atoms with Crippen molar-refractivity contribution in [1.29, 1.82) is 0 Å². The zero-order valence-electron chi connectivity index (χ0n) is 7.08. The number of aromatic nitrogens is 2. The Labute approximate surface area is 71.8 Å². The second-order valence-corrected chi connectivity index (χ2v) is 3.62. The summed E-state index contributed by atoms with van der Waals surface area (Å²) < 4.78 is 0. The van der Waals surface area contributed by atoms with Gasteiger partial charge in [-0.2, -0.15) is 5.10 Å². The molecule has 1 aliphatic carbocycles. The van der Waals surface area contributed by atoms with Gasteiger partial charge >= 0.3 is 0 Å². The van der Waals surface area contributed by atoms with Gasteiger partial charge in [-0.15, -0.1) is 0 Å². The molecule has 66 valence electrons. The molecule has 2 rings (SSSR count). The Morgan fingerprint density at radius 2 is 2.25 bits per heavy atom. The van der Waals surface area contributed by atoms with Crippen LogP contribution in [0.1, 0.15) is 31.4 Å². The fourth-order valence-electron chi connectivity index (χ4n) is 2.12. The van der Waals surface area contributed by atoms with Gasteiger partial charge in [0.15, 0.2) is 0 Å². The summed E-state index contributed by atoms with van der Waals surface area (Å²) in [5, 5.41) is 16.2. The second kappa shape index (κ2) is 2.90. The predicted octanol–water partition coefficient (Wildman–Crippen LogP) is 1.21. The van der Waals surface area contributed by atoms with Crippen LogP contribution in [-0.4, -0.2) is 21.9 Å². The van der Waals surface area contributed by atoms with E-state index in [-0.39, 0.29) is 12.0 Å². The monoisotopic (exact) mass is 166 g/mol. The zero-order chi connectivity index (χ0) is 8.44. The molecule has 1 aromatic heterocycles. The summed E-state index contributed by atoms with van der Waals surface area (Å²) in [7, 11) is 0. The SMILES string of the molecule is OCC1(c2ccn[nH]2)CCCC1. The van der Waals surface area contributed by atoms with Gasteiger partial charge in [0.25, 0.3) is 0 Å². The average Bonchev–Trinajstić information content (AvgIpc) is 2.76. The van der Waals surface area contributed by atoms with Gasteiger partial charge in [0.1, 0.15) is 0 Å². The second-order valence-electron chi connectivity index (χ2n) is 3.62. The quantitative estimate of drug-likeness (QED) is 0.693. The van der Waals surface area contributed by atoms with Gasteiger partial charge in [0, 0.05) is 17.3 Å². The van der Waals surface area contributed by atoms with Gasteiger partial charge in [0.05, 0.1) is 6.61 Å². The minimum absolute atomic E-state index is 0.00347. The number of hydrogen-bond acceptors (Lipinski definition) is 2. The molecule has 2 N–H and O–H groups in total. The van der Waals surface area contributed by atoms with Gasteiger partial charge in [-0.05, 0) is 18.9 Å². The summed E-state index contributed by atoms with van der Waals surface area (Å²) in [5.74, 6) is 0. The summed E-state index contributed by atoms with van der Waals surface area (Å²) in [6.07, 6.45) is 6.38. The topological polar surface area (TPSA) is 48.9 Å². The van der Waals surface area contributed by atoms with Crippen molar-refractivity contribution in [2.24, 2.45) is 0 Å². The molecule has 0 atom stereocenters. The van der Waals surface area contributed by atoms with Crippen LogP contribution in [0.5, 0.6) is 0 Å². The third-order valence-electron chi connectivity index (χ3n) is 2.94. The molecular formula is C9H14N2O. The molecule has 0 spiro atoms. The van der Waals surface area contributed by atoms with Gasteiger partial charge < -0.3 is 5.11 Å². The first-order valence-corrected chi connectivity index (χ1v) is 4.48. The van der Waals surface area contributed by atoms with E-state index in [1.165, 1.54) is 12.8 Å². The van der Waals surface area contributed by atoms with Gasteiger partial charge in [-0.1, -0.05) is 12.8 Å². The first-order chi connectivity index (χ1) is 5.87. The molecule has 1 saturated carbocycles. The number of nitrogens with zero attached hydrogens (tertiary/aromatic N) is 1. The van der Waals surface area contributed by atoms with Crippen molar-refractivity contribution in [2.45, 2.75) is 31.1 Å². The normalized spacial score (nSPS) is 21.4. The van der Waals surface area contributed by atoms with Crippen LogP contribution in [0.3, 0.4) is 0 Å². The predicted molar refractivity (Wildman–Crippen MR) is 45.8 cm³/mol. The molecule has 3 heteroatoms. The summed E-state index contributed by atoms with van der Waals surface area (Å²) in [4.78, 5) is 0. The number of aliphatic hydroxyl groups excluding tert-OH is 1. The van der Waals surface area contributed by atoms with Crippen molar-refractivity contribution in [3.05, 3.63) is 18.0 Å². The lowest BCUT2D eigenvalue weighted by Crippen LogP contribution is -2.27. The molecule has 0 saturated heterocycles. The highest BCUT2D eigenvalue weighted by atomic mass is 16.3. The van der Waals surface area contributed by atoms with Crippen molar-refractivity contribution in [3.8, 4) is 0 Å². The zero-order valence-corrected chi connectivity index (χ0v) is 7.08. The van der Waals surface area contributed by atoms with E-state index in [1.807, 2.05) is 6.07 Å². The van der Waals surface area contributed by atoms with Crippen LogP contribution in [0.15, 0.2) is 12.3 Å². The van der Waals surface area contributed by atoms with Crippen LogP contribution in [-0.2, 0) is 5.41 Å². The van der Waals surface area contributed by atoms with Crippen molar-refractivity contribution in [1.82, 2.24) is 10.2 Å². The molecule has 1 fully saturated rings. The largest absolute Gasteiger partial charge is 0.395 e. The highest BCUT2D eigenvalue weighted by molar-refractivity contribution is 5.16. The molecule has 0 unspecified atom stereocenters. The number of rotatable bonds is 2. The van der Waals surface area contributed by atoms with Crippen LogP contribution >= 0.6 is 0 Å². The molecule has 1 aliphatic rings. The lowest BCUT2D eigenvalue weighted by atomic mass is 9.84. The van der Waals surface area contributed by atoms with E-state index >= 15 is 0 Å².